The largest absolute Gasteiger partial charge is 0.497 e. The van der Waals surface area contributed by atoms with Crippen molar-refractivity contribution in [3.8, 4) is 5.75 Å². The smallest absolute Gasteiger partial charge is 0.257 e. The Morgan fingerprint density at radius 1 is 1.14 bits per heavy atom. The monoisotopic (exact) mass is 282 g/mol. The van der Waals surface area contributed by atoms with Crippen LogP contribution in [0.15, 0.2) is 42.6 Å². The van der Waals surface area contributed by atoms with Crippen LogP contribution in [0.4, 0.5) is 5.69 Å². The molecule has 0 unspecified atom stereocenters. The first kappa shape index (κ1) is 13.1. The molecule has 0 fully saturated rings. The Hall–Kier alpha value is -2.89. The van der Waals surface area contributed by atoms with Crippen LogP contribution in [0.2, 0.25) is 0 Å². The molecule has 1 aromatic carbocycles. The van der Waals surface area contributed by atoms with Crippen LogP contribution in [0.5, 0.6) is 5.75 Å². The topological polar surface area (TPSA) is 68.5 Å². The summed E-state index contributed by atoms with van der Waals surface area (Å²) in [5.74, 6) is 1.30. The number of nitrogens with zero attached hydrogens (tertiary/aromatic N) is 3. The van der Waals surface area contributed by atoms with E-state index in [1.54, 1.807) is 54.1 Å². The van der Waals surface area contributed by atoms with Gasteiger partial charge in [0.05, 0.1) is 12.7 Å². The van der Waals surface area contributed by atoms with E-state index in [9.17, 15) is 4.79 Å². The standard InChI is InChI=1S/C15H14N4O2/c1-10-17-18-14-8-3-11(9-19(10)14)15(20)16-12-4-6-13(21-2)7-5-12/h3-9H,1-2H3,(H,16,20). The molecule has 0 saturated heterocycles. The maximum atomic E-state index is 12.2. The van der Waals surface area contributed by atoms with Gasteiger partial charge in [-0.25, -0.2) is 0 Å². The van der Waals surface area contributed by atoms with Crippen molar-refractivity contribution in [2.45, 2.75) is 6.92 Å². The molecular formula is C15H14N4O2. The van der Waals surface area contributed by atoms with E-state index >= 15 is 0 Å². The first-order valence-electron chi connectivity index (χ1n) is 6.44. The number of hydrogen-bond acceptors (Lipinski definition) is 4. The highest BCUT2D eigenvalue weighted by molar-refractivity contribution is 6.04. The number of nitrogens with one attached hydrogen (secondary N) is 1. The molecular weight excluding hydrogens is 268 g/mol. The second-order valence-electron chi connectivity index (χ2n) is 4.58. The maximum Gasteiger partial charge on any atom is 0.257 e. The van der Waals surface area contributed by atoms with Crippen molar-refractivity contribution in [1.82, 2.24) is 14.6 Å². The number of carbonyl (C=O) groups excluding carboxylic acids is 1. The predicted molar refractivity (Wildman–Crippen MR) is 78.7 cm³/mol. The SMILES string of the molecule is COc1ccc(NC(=O)c2ccc3nnc(C)n3c2)cc1. The summed E-state index contributed by atoms with van der Waals surface area (Å²) >= 11 is 0. The first-order valence-corrected chi connectivity index (χ1v) is 6.44. The minimum absolute atomic E-state index is 0.185. The number of benzene rings is 1. The van der Waals surface area contributed by atoms with Crippen LogP contribution < -0.4 is 10.1 Å². The molecule has 3 rings (SSSR count). The first-order chi connectivity index (χ1) is 10.2. The predicted octanol–water partition coefficient (Wildman–Crippen LogP) is 2.30. The summed E-state index contributed by atoms with van der Waals surface area (Å²) in [5, 5.41) is 10.8. The Morgan fingerprint density at radius 2 is 1.90 bits per heavy atom. The maximum absolute atomic E-state index is 12.2. The number of aromatic nitrogens is 3. The second-order valence-corrected chi connectivity index (χ2v) is 4.58. The minimum Gasteiger partial charge on any atom is -0.497 e. The lowest BCUT2D eigenvalue weighted by Gasteiger charge is -2.07. The average molecular weight is 282 g/mol. The molecule has 106 valence electrons. The molecule has 0 bridgehead atoms. The summed E-state index contributed by atoms with van der Waals surface area (Å²) in [7, 11) is 1.60. The van der Waals surface area contributed by atoms with Crippen molar-refractivity contribution in [2.24, 2.45) is 0 Å². The molecule has 0 saturated carbocycles. The van der Waals surface area contributed by atoms with Gasteiger partial charge in [0.1, 0.15) is 11.6 Å². The van der Waals surface area contributed by atoms with E-state index in [2.05, 4.69) is 15.5 Å². The van der Waals surface area contributed by atoms with Crippen LogP contribution in [0.3, 0.4) is 0 Å². The zero-order chi connectivity index (χ0) is 14.8. The summed E-state index contributed by atoms with van der Waals surface area (Å²) in [6.45, 7) is 1.84. The third-order valence-electron chi connectivity index (χ3n) is 3.18. The van der Waals surface area contributed by atoms with Gasteiger partial charge in [0.2, 0.25) is 0 Å². The number of hydrogen-bond donors (Lipinski definition) is 1. The van der Waals surface area contributed by atoms with Crippen molar-refractivity contribution >= 4 is 17.2 Å². The fraction of sp³-hybridized carbons (Fsp3) is 0.133. The molecule has 0 radical (unpaired) electrons. The Morgan fingerprint density at radius 3 is 2.62 bits per heavy atom. The summed E-state index contributed by atoms with van der Waals surface area (Å²) in [6.07, 6.45) is 1.73. The average Bonchev–Trinajstić information content (AvgIpc) is 2.89. The molecule has 3 aromatic rings. The van der Waals surface area contributed by atoms with Crippen molar-refractivity contribution in [3.63, 3.8) is 0 Å². The lowest BCUT2D eigenvalue weighted by atomic mass is 10.2. The van der Waals surface area contributed by atoms with Crippen molar-refractivity contribution in [1.29, 1.82) is 0 Å². The van der Waals surface area contributed by atoms with Crippen LogP contribution in [-0.4, -0.2) is 27.6 Å². The number of anilines is 1. The number of ether oxygens (including phenoxy) is 1. The Labute approximate surface area is 121 Å². The van der Waals surface area contributed by atoms with Gasteiger partial charge in [-0.2, -0.15) is 0 Å². The number of methoxy groups -OCH3 is 1. The van der Waals surface area contributed by atoms with Gasteiger partial charge < -0.3 is 10.1 Å². The molecule has 0 spiro atoms. The van der Waals surface area contributed by atoms with E-state index in [1.165, 1.54) is 0 Å². The molecule has 6 heteroatoms. The molecule has 2 aromatic heterocycles. The molecule has 6 nitrogen and oxygen atoms in total. The van der Waals surface area contributed by atoms with Gasteiger partial charge in [-0.05, 0) is 43.3 Å². The molecule has 21 heavy (non-hydrogen) atoms. The third kappa shape index (κ3) is 2.55. The van der Waals surface area contributed by atoms with E-state index in [1.807, 2.05) is 6.92 Å². The Bertz CT molecular complexity index is 793. The number of fused-ring (bicyclic) bond motifs is 1. The van der Waals surface area contributed by atoms with Crippen LogP contribution in [-0.2, 0) is 0 Å². The molecule has 0 aliphatic rings. The van der Waals surface area contributed by atoms with Crippen molar-refractivity contribution < 1.29 is 9.53 Å². The third-order valence-corrected chi connectivity index (χ3v) is 3.18. The van der Waals surface area contributed by atoms with Gasteiger partial charge in [0.25, 0.3) is 5.91 Å². The lowest BCUT2D eigenvalue weighted by Crippen LogP contribution is -2.12. The second kappa shape index (κ2) is 5.24. The van der Waals surface area contributed by atoms with Gasteiger partial charge in [-0.15, -0.1) is 10.2 Å². The van der Waals surface area contributed by atoms with E-state index < -0.39 is 0 Å². The van der Waals surface area contributed by atoms with Gasteiger partial charge in [0, 0.05) is 11.9 Å². The highest BCUT2D eigenvalue weighted by Gasteiger charge is 2.09. The number of rotatable bonds is 3. The van der Waals surface area contributed by atoms with E-state index in [4.69, 9.17) is 4.74 Å². The van der Waals surface area contributed by atoms with E-state index in [-0.39, 0.29) is 5.91 Å². The van der Waals surface area contributed by atoms with Gasteiger partial charge >= 0.3 is 0 Å². The molecule has 0 aliphatic carbocycles. The Balaban J connectivity index is 1.83. The fourth-order valence-corrected chi connectivity index (χ4v) is 2.02. The Kier molecular flexibility index (Phi) is 3.27. The quantitative estimate of drug-likeness (QED) is 0.800. The number of aryl methyl sites for hydroxylation is 1. The number of pyridine rings is 1. The summed E-state index contributed by atoms with van der Waals surface area (Å²) < 4.78 is 6.86. The van der Waals surface area contributed by atoms with E-state index in [0.29, 0.717) is 16.9 Å². The normalized spacial score (nSPS) is 10.6. The lowest BCUT2D eigenvalue weighted by molar-refractivity contribution is 0.102. The van der Waals surface area contributed by atoms with Crippen LogP contribution in [0, 0.1) is 6.92 Å². The molecule has 1 amide bonds. The highest BCUT2D eigenvalue weighted by atomic mass is 16.5. The zero-order valence-corrected chi connectivity index (χ0v) is 11.7. The molecule has 1 N–H and O–H groups in total. The van der Waals surface area contributed by atoms with Crippen LogP contribution in [0.1, 0.15) is 16.2 Å². The van der Waals surface area contributed by atoms with Crippen LogP contribution in [0.25, 0.3) is 5.65 Å². The fourth-order valence-electron chi connectivity index (χ4n) is 2.02. The van der Waals surface area contributed by atoms with Crippen molar-refractivity contribution in [2.75, 3.05) is 12.4 Å². The van der Waals surface area contributed by atoms with Gasteiger partial charge in [0.15, 0.2) is 5.65 Å². The summed E-state index contributed by atoms with van der Waals surface area (Å²) in [5.41, 5.74) is 1.97. The minimum atomic E-state index is -0.185. The van der Waals surface area contributed by atoms with Crippen molar-refractivity contribution in [3.05, 3.63) is 54.0 Å². The van der Waals surface area contributed by atoms with Gasteiger partial charge in [-0.1, -0.05) is 0 Å². The van der Waals surface area contributed by atoms with Crippen LogP contribution >= 0.6 is 0 Å². The summed E-state index contributed by atoms with van der Waals surface area (Å²) in [4.78, 5) is 12.2. The molecule has 0 atom stereocenters. The molecule has 0 aliphatic heterocycles. The molecule has 2 heterocycles. The number of amides is 1. The zero-order valence-electron chi connectivity index (χ0n) is 11.7. The number of carbonyl (C=O) groups is 1. The van der Waals surface area contributed by atoms with E-state index in [0.717, 1.165) is 11.6 Å². The van der Waals surface area contributed by atoms with Gasteiger partial charge in [-0.3, -0.25) is 9.20 Å². The highest BCUT2D eigenvalue weighted by Crippen LogP contribution is 2.16. The summed E-state index contributed by atoms with van der Waals surface area (Å²) in [6, 6.07) is 10.7.